The van der Waals surface area contributed by atoms with E-state index >= 15 is 0 Å². The van der Waals surface area contributed by atoms with Gasteiger partial charge in [-0.05, 0) is 36.4 Å². The van der Waals surface area contributed by atoms with Crippen LogP contribution in [0.3, 0.4) is 0 Å². The van der Waals surface area contributed by atoms with E-state index in [1.54, 1.807) is 12.1 Å². The van der Waals surface area contributed by atoms with E-state index in [2.05, 4.69) is 21.2 Å². The lowest BCUT2D eigenvalue weighted by Gasteiger charge is -2.06. The zero-order valence-corrected chi connectivity index (χ0v) is 11.1. The van der Waals surface area contributed by atoms with Gasteiger partial charge >= 0.3 is 0 Å². The Morgan fingerprint density at radius 3 is 2.59 bits per heavy atom. The van der Waals surface area contributed by atoms with Gasteiger partial charge in [0.2, 0.25) is 0 Å². The van der Waals surface area contributed by atoms with Gasteiger partial charge in [0.05, 0.1) is 6.54 Å². The van der Waals surface area contributed by atoms with Gasteiger partial charge in [0, 0.05) is 29.0 Å². The molecule has 0 bridgehead atoms. The van der Waals surface area contributed by atoms with E-state index in [-0.39, 0.29) is 5.91 Å². The summed E-state index contributed by atoms with van der Waals surface area (Å²) in [6.07, 6.45) is 1.96. The van der Waals surface area contributed by atoms with Crippen molar-refractivity contribution < 1.29 is 4.79 Å². The van der Waals surface area contributed by atoms with E-state index in [1.807, 2.05) is 42.1 Å². The Kier molecular flexibility index (Phi) is 3.64. The minimum Gasteiger partial charge on any atom is -0.353 e. The first-order valence-electron chi connectivity index (χ1n) is 5.31. The molecule has 0 aliphatic carbocycles. The molecule has 4 heteroatoms. The van der Waals surface area contributed by atoms with Crippen molar-refractivity contribution in [1.29, 1.82) is 0 Å². The number of aromatic nitrogens is 1. The van der Waals surface area contributed by atoms with Crippen molar-refractivity contribution in [2.24, 2.45) is 7.05 Å². The molecule has 2 aromatic rings. The van der Waals surface area contributed by atoms with E-state index in [0.717, 1.165) is 10.2 Å². The average Bonchev–Trinajstić information content (AvgIpc) is 2.73. The molecule has 0 spiro atoms. The number of hydrogen-bond donors (Lipinski definition) is 1. The molecule has 1 heterocycles. The topological polar surface area (TPSA) is 34.0 Å². The third kappa shape index (κ3) is 2.97. The van der Waals surface area contributed by atoms with Crippen LogP contribution in [0, 0.1) is 0 Å². The van der Waals surface area contributed by atoms with Crippen LogP contribution >= 0.6 is 15.9 Å². The van der Waals surface area contributed by atoms with Crippen molar-refractivity contribution in [1.82, 2.24) is 9.88 Å². The minimum absolute atomic E-state index is 0.0568. The van der Waals surface area contributed by atoms with Crippen molar-refractivity contribution in [3.05, 3.63) is 58.3 Å². The maximum absolute atomic E-state index is 11.8. The first-order chi connectivity index (χ1) is 8.16. The average molecular weight is 293 g/mol. The fourth-order valence-electron chi connectivity index (χ4n) is 1.55. The Balaban J connectivity index is 1.98. The highest BCUT2D eigenvalue weighted by Crippen LogP contribution is 2.10. The number of carbonyl (C=O) groups excluding carboxylic acids is 1. The van der Waals surface area contributed by atoms with E-state index in [1.165, 1.54) is 0 Å². The maximum atomic E-state index is 11.8. The van der Waals surface area contributed by atoms with E-state index in [4.69, 9.17) is 0 Å². The molecular weight excluding hydrogens is 280 g/mol. The van der Waals surface area contributed by atoms with Crippen LogP contribution in [-0.2, 0) is 13.6 Å². The molecule has 0 radical (unpaired) electrons. The van der Waals surface area contributed by atoms with Gasteiger partial charge in [-0.25, -0.2) is 0 Å². The van der Waals surface area contributed by atoms with Gasteiger partial charge in [-0.3, -0.25) is 4.79 Å². The first kappa shape index (κ1) is 11.9. The monoisotopic (exact) mass is 292 g/mol. The van der Waals surface area contributed by atoms with E-state index < -0.39 is 0 Å². The lowest BCUT2D eigenvalue weighted by Crippen LogP contribution is -2.23. The Labute approximate surface area is 109 Å². The molecule has 0 fully saturated rings. The highest BCUT2D eigenvalue weighted by Gasteiger charge is 2.05. The normalized spacial score (nSPS) is 10.2. The summed E-state index contributed by atoms with van der Waals surface area (Å²) in [5, 5.41) is 2.89. The summed E-state index contributed by atoms with van der Waals surface area (Å²) in [5.74, 6) is -0.0568. The van der Waals surface area contributed by atoms with Crippen LogP contribution in [0.25, 0.3) is 0 Å². The molecule has 17 heavy (non-hydrogen) atoms. The quantitative estimate of drug-likeness (QED) is 0.927. The summed E-state index contributed by atoms with van der Waals surface area (Å²) in [7, 11) is 1.96. The van der Waals surface area contributed by atoms with Crippen molar-refractivity contribution in [2.75, 3.05) is 0 Å². The summed E-state index contributed by atoms with van der Waals surface area (Å²) in [6.45, 7) is 0.540. The zero-order chi connectivity index (χ0) is 12.3. The standard InChI is InChI=1S/C13H13BrN2O/c1-16-8-2-3-12(16)9-15-13(17)10-4-6-11(14)7-5-10/h2-8H,9H2,1H3,(H,15,17). The number of aryl methyl sites for hydroxylation is 1. The van der Waals surface area contributed by atoms with Gasteiger partial charge in [0.15, 0.2) is 0 Å². The lowest BCUT2D eigenvalue weighted by molar-refractivity contribution is 0.0950. The Hall–Kier alpha value is -1.55. The molecular formula is C13H13BrN2O. The van der Waals surface area contributed by atoms with Crippen LogP contribution in [0.15, 0.2) is 47.1 Å². The van der Waals surface area contributed by atoms with Gasteiger partial charge in [0.25, 0.3) is 5.91 Å². The number of hydrogen-bond acceptors (Lipinski definition) is 1. The van der Waals surface area contributed by atoms with Gasteiger partial charge in [-0.1, -0.05) is 15.9 Å². The number of benzene rings is 1. The number of amides is 1. The summed E-state index contributed by atoms with van der Waals surface area (Å²) < 4.78 is 2.96. The lowest BCUT2D eigenvalue weighted by atomic mass is 10.2. The molecule has 3 nitrogen and oxygen atoms in total. The maximum Gasteiger partial charge on any atom is 0.251 e. The highest BCUT2D eigenvalue weighted by atomic mass is 79.9. The third-order valence-electron chi connectivity index (χ3n) is 2.59. The van der Waals surface area contributed by atoms with Crippen LogP contribution < -0.4 is 5.32 Å². The fraction of sp³-hybridized carbons (Fsp3) is 0.154. The molecule has 1 aromatic carbocycles. The van der Waals surface area contributed by atoms with Gasteiger partial charge in [-0.2, -0.15) is 0 Å². The molecule has 1 amide bonds. The fourth-order valence-corrected chi connectivity index (χ4v) is 1.82. The highest BCUT2D eigenvalue weighted by molar-refractivity contribution is 9.10. The molecule has 1 aromatic heterocycles. The largest absolute Gasteiger partial charge is 0.353 e. The Bertz CT molecular complexity index is 516. The zero-order valence-electron chi connectivity index (χ0n) is 9.48. The van der Waals surface area contributed by atoms with Crippen LogP contribution in [0.4, 0.5) is 0 Å². The predicted molar refractivity (Wildman–Crippen MR) is 70.7 cm³/mol. The summed E-state index contributed by atoms with van der Waals surface area (Å²) in [6, 6.07) is 11.3. The number of rotatable bonds is 3. The SMILES string of the molecule is Cn1cccc1CNC(=O)c1ccc(Br)cc1. The number of nitrogens with zero attached hydrogens (tertiary/aromatic N) is 1. The third-order valence-corrected chi connectivity index (χ3v) is 3.12. The molecule has 0 saturated carbocycles. The summed E-state index contributed by atoms with van der Waals surface area (Å²) in [5.41, 5.74) is 1.75. The number of nitrogens with one attached hydrogen (secondary N) is 1. The van der Waals surface area contributed by atoms with Crippen molar-refractivity contribution in [3.63, 3.8) is 0 Å². The number of carbonyl (C=O) groups is 1. The number of halogens is 1. The molecule has 88 valence electrons. The molecule has 0 aliphatic heterocycles. The second-order valence-corrected chi connectivity index (χ2v) is 4.72. The minimum atomic E-state index is -0.0568. The Morgan fingerprint density at radius 1 is 1.29 bits per heavy atom. The molecule has 2 rings (SSSR count). The van der Waals surface area contributed by atoms with E-state index in [0.29, 0.717) is 12.1 Å². The molecule has 1 N–H and O–H groups in total. The van der Waals surface area contributed by atoms with Crippen LogP contribution in [0.1, 0.15) is 16.1 Å². The van der Waals surface area contributed by atoms with Crippen molar-refractivity contribution in [2.45, 2.75) is 6.54 Å². The van der Waals surface area contributed by atoms with Crippen LogP contribution in [0.2, 0.25) is 0 Å². The second kappa shape index (κ2) is 5.19. The van der Waals surface area contributed by atoms with Crippen LogP contribution in [-0.4, -0.2) is 10.5 Å². The molecule has 0 aliphatic rings. The first-order valence-corrected chi connectivity index (χ1v) is 6.10. The Morgan fingerprint density at radius 2 is 2.00 bits per heavy atom. The van der Waals surface area contributed by atoms with Crippen molar-refractivity contribution >= 4 is 21.8 Å². The predicted octanol–water partition coefficient (Wildman–Crippen LogP) is 2.72. The summed E-state index contributed by atoms with van der Waals surface area (Å²) in [4.78, 5) is 11.8. The van der Waals surface area contributed by atoms with Gasteiger partial charge in [0.1, 0.15) is 0 Å². The van der Waals surface area contributed by atoms with Crippen molar-refractivity contribution in [3.8, 4) is 0 Å². The van der Waals surface area contributed by atoms with Crippen LogP contribution in [0.5, 0.6) is 0 Å². The second-order valence-electron chi connectivity index (χ2n) is 3.80. The molecule has 0 saturated heterocycles. The smallest absolute Gasteiger partial charge is 0.251 e. The van der Waals surface area contributed by atoms with E-state index in [9.17, 15) is 4.79 Å². The van der Waals surface area contributed by atoms with Gasteiger partial charge < -0.3 is 9.88 Å². The molecule has 0 atom stereocenters. The molecule has 0 unspecified atom stereocenters. The summed E-state index contributed by atoms with van der Waals surface area (Å²) >= 11 is 3.34. The van der Waals surface area contributed by atoms with Gasteiger partial charge in [-0.15, -0.1) is 0 Å².